The molecule has 10 aromatic carbocycles. The molecular formula is C64H39N3O3. The fourth-order valence-electron chi connectivity index (χ4n) is 10.7. The average molecular weight is 898 g/mol. The van der Waals surface area contributed by atoms with Crippen molar-refractivity contribution in [2.24, 2.45) is 0 Å². The first-order valence-electron chi connectivity index (χ1n) is 23.5. The molecule has 14 rings (SSSR count). The van der Waals surface area contributed by atoms with Crippen LogP contribution in [0.1, 0.15) is 22.3 Å². The molecule has 70 heavy (non-hydrogen) atoms. The predicted molar refractivity (Wildman–Crippen MR) is 278 cm³/mol. The van der Waals surface area contributed by atoms with Gasteiger partial charge in [-0.3, -0.25) is 0 Å². The van der Waals surface area contributed by atoms with Crippen LogP contribution in [-0.4, -0.2) is 15.0 Å². The van der Waals surface area contributed by atoms with Crippen LogP contribution in [0.4, 0.5) is 0 Å². The molecule has 6 nitrogen and oxygen atoms in total. The second-order valence-corrected chi connectivity index (χ2v) is 17.8. The van der Waals surface area contributed by atoms with Crippen molar-refractivity contribution in [3.8, 4) is 90.5 Å². The van der Waals surface area contributed by atoms with Crippen LogP contribution in [0.15, 0.2) is 241 Å². The van der Waals surface area contributed by atoms with E-state index in [0.717, 1.165) is 83.3 Å². The van der Waals surface area contributed by atoms with E-state index in [-0.39, 0.29) is 0 Å². The standard InChI is InChI=1S/C64H39N3O3/c1-4-16-41(17-5-1)61-65-62(42-32-30-40(31-33-42)48-26-15-27-50-49-24-11-13-29-54(49)69-59(48)50)67-63(66-61)45-19-14-18-43(38-45)44-34-36-55-57(39-44)68-56-37-35-53-58(60(56)70-55)51-25-10-12-28-52(51)64(53,46-20-6-2-7-21-46)47-22-8-3-9-23-47/h1-39H. The van der Waals surface area contributed by atoms with Crippen LogP contribution in [0.5, 0.6) is 23.0 Å². The third-order valence-corrected chi connectivity index (χ3v) is 13.9. The summed E-state index contributed by atoms with van der Waals surface area (Å²) in [7, 11) is 0. The number of nitrogens with zero attached hydrogens (tertiary/aromatic N) is 3. The highest BCUT2D eigenvalue weighted by Gasteiger charge is 2.48. The lowest BCUT2D eigenvalue weighted by atomic mass is 9.68. The molecule has 0 atom stereocenters. The van der Waals surface area contributed by atoms with Crippen molar-refractivity contribution in [2.75, 3.05) is 0 Å². The molecule has 2 aliphatic rings. The van der Waals surface area contributed by atoms with E-state index in [2.05, 4.69) is 170 Å². The van der Waals surface area contributed by atoms with Crippen molar-refractivity contribution in [3.05, 3.63) is 259 Å². The van der Waals surface area contributed by atoms with Gasteiger partial charge in [0, 0.05) is 38.6 Å². The molecule has 0 bridgehead atoms. The Hall–Kier alpha value is -9.39. The minimum Gasteiger partial charge on any atom is -0.455 e. The molecule has 0 unspecified atom stereocenters. The van der Waals surface area contributed by atoms with E-state index in [4.69, 9.17) is 28.8 Å². The number of hydrogen-bond donors (Lipinski definition) is 0. The van der Waals surface area contributed by atoms with Crippen LogP contribution in [0.3, 0.4) is 0 Å². The summed E-state index contributed by atoms with van der Waals surface area (Å²) < 4.78 is 20.1. The largest absolute Gasteiger partial charge is 0.455 e. The van der Waals surface area contributed by atoms with Crippen LogP contribution < -0.4 is 9.47 Å². The van der Waals surface area contributed by atoms with Crippen molar-refractivity contribution in [2.45, 2.75) is 5.41 Å². The molecule has 0 amide bonds. The van der Waals surface area contributed by atoms with Gasteiger partial charge in [0.15, 0.2) is 40.5 Å². The van der Waals surface area contributed by atoms with Gasteiger partial charge in [0.25, 0.3) is 0 Å². The third kappa shape index (κ3) is 6.24. The topological polar surface area (TPSA) is 70.3 Å². The Labute approximate surface area is 403 Å². The maximum Gasteiger partial charge on any atom is 0.178 e. The molecule has 0 saturated carbocycles. The van der Waals surface area contributed by atoms with Gasteiger partial charge in [0.2, 0.25) is 0 Å². The van der Waals surface area contributed by atoms with Crippen molar-refractivity contribution >= 4 is 21.9 Å². The van der Waals surface area contributed by atoms with Crippen LogP contribution in [0.25, 0.3) is 89.5 Å². The monoisotopic (exact) mass is 897 g/mol. The van der Waals surface area contributed by atoms with E-state index < -0.39 is 5.41 Å². The quantitative estimate of drug-likeness (QED) is 0.159. The zero-order chi connectivity index (χ0) is 46.2. The molecule has 0 saturated heterocycles. The molecule has 1 aliphatic carbocycles. The van der Waals surface area contributed by atoms with Gasteiger partial charge in [-0.05, 0) is 74.8 Å². The predicted octanol–water partition coefficient (Wildman–Crippen LogP) is 16.4. The van der Waals surface area contributed by atoms with E-state index in [1.165, 1.54) is 16.7 Å². The smallest absolute Gasteiger partial charge is 0.178 e. The van der Waals surface area contributed by atoms with Gasteiger partial charge in [-0.2, -0.15) is 0 Å². The number of aromatic nitrogens is 3. The molecule has 0 N–H and O–H groups in total. The maximum atomic E-state index is 6.94. The Morgan fingerprint density at radius 1 is 0.329 bits per heavy atom. The Balaban J connectivity index is 0.814. The lowest BCUT2D eigenvalue weighted by Gasteiger charge is -2.34. The van der Waals surface area contributed by atoms with Crippen molar-refractivity contribution in [3.63, 3.8) is 0 Å². The van der Waals surface area contributed by atoms with E-state index in [0.29, 0.717) is 34.7 Å². The maximum absolute atomic E-state index is 6.94. The van der Waals surface area contributed by atoms with Gasteiger partial charge in [-0.1, -0.05) is 206 Å². The average Bonchev–Trinajstić information content (AvgIpc) is 3.98. The van der Waals surface area contributed by atoms with Crippen LogP contribution in [-0.2, 0) is 5.41 Å². The minimum atomic E-state index is -0.541. The molecule has 12 aromatic rings. The first-order chi connectivity index (χ1) is 34.7. The number of rotatable bonds is 7. The van der Waals surface area contributed by atoms with Crippen molar-refractivity contribution < 1.29 is 13.9 Å². The molecule has 1 aliphatic heterocycles. The summed E-state index contributed by atoms with van der Waals surface area (Å²) in [5, 5.41) is 2.20. The summed E-state index contributed by atoms with van der Waals surface area (Å²) in [6.07, 6.45) is 0. The fourth-order valence-corrected chi connectivity index (χ4v) is 10.7. The SMILES string of the molecule is c1ccc(-c2nc(-c3ccc(-c4cccc5c4oc4ccccc45)cc3)nc(-c3cccc(-c4ccc5c(c4)Oc4ccc6c(c4O5)-c4ccccc4C6(c4ccccc4)c4ccccc4)c3)n2)cc1. The van der Waals surface area contributed by atoms with Gasteiger partial charge in [-0.15, -0.1) is 0 Å². The zero-order valence-corrected chi connectivity index (χ0v) is 37.6. The second kappa shape index (κ2) is 15.9. The molecule has 0 radical (unpaired) electrons. The fraction of sp³-hybridized carbons (Fsp3) is 0.0156. The summed E-state index contributed by atoms with van der Waals surface area (Å²) in [4.78, 5) is 15.2. The van der Waals surface area contributed by atoms with Crippen LogP contribution >= 0.6 is 0 Å². The Morgan fingerprint density at radius 3 is 1.64 bits per heavy atom. The number of hydrogen-bond acceptors (Lipinski definition) is 6. The van der Waals surface area contributed by atoms with Crippen LogP contribution in [0.2, 0.25) is 0 Å². The third-order valence-electron chi connectivity index (χ3n) is 13.9. The van der Waals surface area contributed by atoms with Crippen LogP contribution in [0, 0.1) is 0 Å². The highest BCUT2D eigenvalue weighted by molar-refractivity contribution is 6.09. The van der Waals surface area contributed by atoms with Gasteiger partial charge in [-0.25, -0.2) is 15.0 Å². The van der Waals surface area contributed by atoms with Gasteiger partial charge < -0.3 is 13.9 Å². The zero-order valence-electron chi connectivity index (χ0n) is 37.6. The second-order valence-electron chi connectivity index (χ2n) is 17.8. The lowest BCUT2D eigenvalue weighted by molar-refractivity contribution is 0.360. The van der Waals surface area contributed by atoms with E-state index in [1.54, 1.807) is 0 Å². The summed E-state index contributed by atoms with van der Waals surface area (Å²) in [6.45, 7) is 0. The summed E-state index contributed by atoms with van der Waals surface area (Å²) in [5.41, 5.74) is 14.8. The molecule has 6 heteroatoms. The Kier molecular flexibility index (Phi) is 9.01. The highest BCUT2D eigenvalue weighted by atomic mass is 16.6. The molecule has 2 aromatic heterocycles. The first-order valence-corrected chi connectivity index (χ1v) is 23.5. The minimum absolute atomic E-state index is 0.541. The lowest BCUT2D eigenvalue weighted by Crippen LogP contribution is -2.28. The number of benzene rings is 10. The summed E-state index contributed by atoms with van der Waals surface area (Å²) in [6, 6.07) is 81.9. The molecule has 328 valence electrons. The van der Waals surface area contributed by atoms with Gasteiger partial charge >= 0.3 is 0 Å². The molecular weight excluding hydrogens is 859 g/mol. The molecule has 0 spiro atoms. The number of para-hydroxylation sites is 2. The summed E-state index contributed by atoms with van der Waals surface area (Å²) in [5.74, 6) is 4.45. The molecule has 0 fully saturated rings. The number of ether oxygens (including phenoxy) is 2. The normalized spacial score (nSPS) is 12.9. The van der Waals surface area contributed by atoms with E-state index in [9.17, 15) is 0 Å². The Bertz CT molecular complexity index is 3960. The van der Waals surface area contributed by atoms with E-state index in [1.807, 2.05) is 66.7 Å². The number of furan rings is 1. The number of fused-ring (bicyclic) bond motifs is 9. The highest BCUT2D eigenvalue weighted by Crippen LogP contribution is 2.62. The van der Waals surface area contributed by atoms with Crippen molar-refractivity contribution in [1.82, 2.24) is 15.0 Å². The first kappa shape index (κ1) is 39.7. The summed E-state index contributed by atoms with van der Waals surface area (Å²) >= 11 is 0. The van der Waals surface area contributed by atoms with Gasteiger partial charge in [0.05, 0.1) is 5.41 Å². The van der Waals surface area contributed by atoms with E-state index >= 15 is 0 Å². The van der Waals surface area contributed by atoms with Gasteiger partial charge in [0.1, 0.15) is 11.2 Å². The Morgan fingerprint density at radius 2 is 0.871 bits per heavy atom. The molecule has 3 heterocycles. The van der Waals surface area contributed by atoms with Crippen molar-refractivity contribution in [1.29, 1.82) is 0 Å².